The molecule has 0 aliphatic carbocycles. The van der Waals surface area contributed by atoms with E-state index in [9.17, 15) is 4.79 Å². The van der Waals surface area contributed by atoms with Crippen LogP contribution in [-0.2, 0) is 6.54 Å². The zero-order valence-corrected chi connectivity index (χ0v) is 10.2. The van der Waals surface area contributed by atoms with Crippen molar-refractivity contribution >= 4 is 17.9 Å². The molecule has 1 heterocycles. The summed E-state index contributed by atoms with van der Waals surface area (Å²) < 4.78 is 1.79. The number of aldehydes is 1. The molecule has 0 bridgehead atoms. The average Bonchev–Trinajstić information content (AvgIpc) is 2.77. The maximum atomic E-state index is 11.0. The molecule has 0 spiro atoms. The highest BCUT2D eigenvalue weighted by Gasteiger charge is 2.10. The van der Waals surface area contributed by atoms with E-state index in [1.807, 2.05) is 6.07 Å². The highest BCUT2D eigenvalue weighted by Crippen LogP contribution is 2.24. The van der Waals surface area contributed by atoms with Crippen LogP contribution in [0.3, 0.4) is 0 Å². The van der Waals surface area contributed by atoms with E-state index >= 15 is 0 Å². The normalized spacial score (nSPS) is 10.5. The molecule has 2 aromatic rings. The van der Waals surface area contributed by atoms with Crippen molar-refractivity contribution in [2.24, 2.45) is 0 Å². The van der Waals surface area contributed by atoms with Crippen LogP contribution in [0.25, 0.3) is 11.3 Å². The van der Waals surface area contributed by atoms with Crippen LogP contribution in [0.15, 0.2) is 24.4 Å². The van der Waals surface area contributed by atoms with Crippen LogP contribution in [0, 0.1) is 0 Å². The summed E-state index contributed by atoms with van der Waals surface area (Å²) in [5.41, 5.74) is 2.20. The first-order valence-electron chi connectivity index (χ1n) is 5.40. The Kier molecular flexibility index (Phi) is 3.54. The molecule has 0 unspecified atom stereocenters. The summed E-state index contributed by atoms with van der Waals surface area (Å²) in [4.78, 5) is 11.0. The van der Waals surface area contributed by atoms with Gasteiger partial charge in [0.05, 0.1) is 11.9 Å². The van der Waals surface area contributed by atoms with E-state index in [-0.39, 0.29) is 0 Å². The topological polar surface area (TPSA) is 47.8 Å². The zero-order valence-electron chi connectivity index (χ0n) is 9.43. The Morgan fingerprint density at radius 2 is 2.29 bits per heavy atom. The molecule has 0 N–H and O–H groups in total. The summed E-state index contributed by atoms with van der Waals surface area (Å²) in [5, 5.41) is 8.42. The van der Waals surface area contributed by atoms with Crippen molar-refractivity contribution in [3.63, 3.8) is 0 Å². The van der Waals surface area contributed by atoms with Crippen molar-refractivity contribution in [1.82, 2.24) is 15.0 Å². The quantitative estimate of drug-likeness (QED) is 0.783. The molecule has 0 aliphatic rings. The first-order valence-corrected chi connectivity index (χ1v) is 5.77. The molecular weight excluding hydrogens is 238 g/mol. The van der Waals surface area contributed by atoms with Crippen LogP contribution < -0.4 is 0 Å². The Morgan fingerprint density at radius 1 is 1.47 bits per heavy atom. The number of nitrogens with zero attached hydrogens (tertiary/aromatic N) is 3. The highest BCUT2D eigenvalue weighted by molar-refractivity contribution is 6.31. The molecule has 0 fully saturated rings. The first-order chi connectivity index (χ1) is 8.26. The number of halogens is 1. The Hall–Kier alpha value is -1.68. The van der Waals surface area contributed by atoms with Gasteiger partial charge in [-0.05, 0) is 18.6 Å². The minimum Gasteiger partial charge on any atom is -0.298 e. The number of carbonyl (C=O) groups excluding carboxylic acids is 1. The van der Waals surface area contributed by atoms with E-state index in [0.717, 1.165) is 30.5 Å². The van der Waals surface area contributed by atoms with Gasteiger partial charge in [0.25, 0.3) is 0 Å². The number of benzene rings is 1. The summed E-state index contributed by atoms with van der Waals surface area (Å²) in [6.45, 7) is 2.84. The van der Waals surface area contributed by atoms with Crippen LogP contribution in [0.1, 0.15) is 23.7 Å². The molecular formula is C12H12ClN3O. The predicted molar refractivity (Wildman–Crippen MR) is 66.1 cm³/mol. The van der Waals surface area contributed by atoms with Gasteiger partial charge in [-0.2, -0.15) is 0 Å². The summed E-state index contributed by atoms with van der Waals surface area (Å²) in [6, 6.07) is 5.22. The molecule has 4 nitrogen and oxygen atoms in total. The van der Waals surface area contributed by atoms with Gasteiger partial charge in [0, 0.05) is 22.7 Å². The lowest BCUT2D eigenvalue weighted by atomic mass is 10.1. The van der Waals surface area contributed by atoms with Crippen LogP contribution in [0.4, 0.5) is 0 Å². The predicted octanol–water partition coefficient (Wildman–Crippen LogP) is 2.82. The summed E-state index contributed by atoms with van der Waals surface area (Å²) >= 11 is 5.86. The fourth-order valence-electron chi connectivity index (χ4n) is 1.71. The molecule has 1 aromatic heterocycles. The van der Waals surface area contributed by atoms with Crippen molar-refractivity contribution in [3.05, 3.63) is 35.0 Å². The molecule has 1 aromatic carbocycles. The van der Waals surface area contributed by atoms with Gasteiger partial charge in [-0.3, -0.25) is 4.79 Å². The lowest BCUT2D eigenvalue weighted by Gasteiger charge is -2.07. The van der Waals surface area contributed by atoms with Crippen molar-refractivity contribution in [1.29, 1.82) is 0 Å². The molecule has 0 radical (unpaired) electrons. The molecule has 0 saturated heterocycles. The van der Waals surface area contributed by atoms with Crippen LogP contribution in [0.5, 0.6) is 0 Å². The molecule has 88 valence electrons. The molecule has 0 saturated carbocycles. The van der Waals surface area contributed by atoms with Gasteiger partial charge in [0.2, 0.25) is 0 Å². The highest BCUT2D eigenvalue weighted by atomic mass is 35.5. The van der Waals surface area contributed by atoms with Crippen LogP contribution in [-0.4, -0.2) is 21.3 Å². The minimum atomic E-state index is 0.547. The summed E-state index contributed by atoms with van der Waals surface area (Å²) in [7, 11) is 0. The van der Waals surface area contributed by atoms with Gasteiger partial charge in [0.15, 0.2) is 6.29 Å². The molecule has 17 heavy (non-hydrogen) atoms. The fourth-order valence-corrected chi connectivity index (χ4v) is 1.89. The van der Waals surface area contributed by atoms with Crippen molar-refractivity contribution in [2.45, 2.75) is 19.9 Å². The Bertz CT molecular complexity index is 536. The van der Waals surface area contributed by atoms with Crippen LogP contribution >= 0.6 is 11.6 Å². The monoisotopic (exact) mass is 249 g/mol. The Balaban J connectivity index is 2.52. The smallest absolute Gasteiger partial charge is 0.150 e. The Labute approximate surface area is 104 Å². The van der Waals surface area contributed by atoms with Gasteiger partial charge in [-0.1, -0.05) is 29.8 Å². The molecule has 5 heteroatoms. The largest absolute Gasteiger partial charge is 0.298 e. The van der Waals surface area contributed by atoms with Crippen LogP contribution in [0.2, 0.25) is 5.02 Å². The van der Waals surface area contributed by atoms with E-state index in [0.29, 0.717) is 10.6 Å². The molecule has 0 aliphatic heterocycles. The van der Waals surface area contributed by atoms with Gasteiger partial charge >= 0.3 is 0 Å². The third-order valence-electron chi connectivity index (χ3n) is 2.47. The van der Waals surface area contributed by atoms with Gasteiger partial charge in [-0.15, -0.1) is 5.10 Å². The maximum Gasteiger partial charge on any atom is 0.150 e. The SMILES string of the molecule is CCCn1nncc1-c1ccc(Cl)cc1C=O. The van der Waals surface area contributed by atoms with Gasteiger partial charge in [0.1, 0.15) is 0 Å². The lowest BCUT2D eigenvalue weighted by molar-refractivity contribution is 0.112. The fraction of sp³-hybridized carbons (Fsp3) is 0.250. The number of aromatic nitrogens is 3. The Morgan fingerprint density at radius 3 is 3.00 bits per heavy atom. The third-order valence-corrected chi connectivity index (χ3v) is 2.70. The van der Waals surface area contributed by atoms with Gasteiger partial charge < -0.3 is 0 Å². The summed E-state index contributed by atoms with van der Waals surface area (Å²) in [6.07, 6.45) is 3.41. The first kappa shape index (κ1) is 11.8. The second-order valence-electron chi connectivity index (χ2n) is 3.69. The lowest BCUT2D eigenvalue weighted by Crippen LogP contribution is -2.02. The maximum absolute atomic E-state index is 11.0. The van der Waals surface area contributed by atoms with Crippen molar-refractivity contribution < 1.29 is 4.79 Å². The molecule has 2 rings (SSSR count). The molecule has 0 atom stereocenters. The minimum absolute atomic E-state index is 0.547. The molecule has 0 amide bonds. The van der Waals surface area contributed by atoms with E-state index in [1.165, 1.54) is 0 Å². The van der Waals surface area contributed by atoms with E-state index < -0.39 is 0 Å². The van der Waals surface area contributed by atoms with Gasteiger partial charge in [-0.25, -0.2) is 4.68 Å². The number of hydrogen-bond donors (Lipinski definition) is 0. The third kappa shape index (κ3) is 2.36. The second kappa shape index (κ2) is 5.10. The number of rotatable bonds is 4. The van der Waals surface area contributed by atoms with E-state index in [2.05, 4.69) is 17.2 Å². The van der Waals surface area contributed by atoms with Crippen molar-refractivity contribution in [2.75, 3.05) is 0 Å². The van der Waals surface area contributed by atoms with E-state index in [4.69, 9.17) is 11.6 Å². The standard InChI is InChI=1S/C12H12ClN3O/c1-2-5-16-12(7-14-15-16)11-4-3-10(13)6-9(11)8-17/h3-4,6-8H,2,5H2,1H3. The average molecular weight is 250 g/mol. The number of hydrogen-bond acceptors (Lipinski definition) is 3. The van der Waals surface area contributed by atoms with E-state index in [1.54, 1.807) is 23.0 Å². The van der Waals surface area contributed by atoms with Crippen molar-refractivity contribution in [3.8, 4) is 11.3 Å². The number of aryl methyl sites for hydroxylation is 1. The zero-order chi connectivity index (χ0) is 12.3. The number of carbonyl (C=O) groups is 1. The summed E-state index contributed by atoms with van der Waals surface area (Å²) in [5.74, 6) is 0. The second-order valence-corrected chi connectivity index (χ2v) is 4.13.